The van der Waals surface area contributed by atoms with Crippen LogP contribution in [-0.4, -0.2) is 88.1 Å². The standard InChI is InChI=1S/C47H87NO2.C43H79NO2.CH4/c1-5-7-17-23-38-31-42(38)35-44-33-40(44)25-19-13-9-11-15-21-28-47(49-37-46(50-47)27-30-48(3)4)29-22-16-12-10-14-20-26-41-34-45(41)36-43-32-39(43)24-18-8-6-2;1-5-7-9-11-13-15-17-19-21-23-25-27-29-31-33-35-38-43(45-41-42(46-43)37-40-44(3)4)39-36-34-32-30-28-26-24-22-20-18-16-14-12-10-8-6-2;/h38-46H,5-37H2,1-4H3;13-16,19-22,42H,5-12,17-18,23-41H2,1-4H3;1H4/b;15-13-,16-14-,21-19-,22-20-;. The van der Waals surface area contributed by atoms with E-state index in [0.717, 1.165) is 125 Å². The predicted octanol–water partition coefficient (Wildman–Crippen LogP) is 27.9. The van der Waals surface area contributed by atoms with Gasteiger partial charge < -0.3 is 28.7 Å². The largest absolute Gasteiger partial charge is 0.347 e. The lowest BCUT2D eigenvalue weighted by atomic mass is 9.98. The SMILES string of the molecule is C.CCCCC/C=C\C/C=C\CCCCCCCCC1(CCCCCCCC/C=C\C/C=C\CCCCC)OCC(CCN(C)C)O1.CCCCCC1CC1CC1CC1CCCCCCCCC1(CCCCCCCCC2CC2CC2CC2CCCCC)OCC(CCN(C)C)O1. The Kier molecular flexibility index (Phi) is 51.9. The quantitative estimate of drug-likeness (QED) is 0.0447. The topological polar surface area (TPSA) is 43.4 Å². The Morgan fingerprint density at radius 3 is 0.825 bits per heavy atom. The molecule has 10 atom stereocenters. The lowest BCUT2D eigenvalue weighted by Gasteiger charge is -2.29. The van der Waals surface area contributed by atoms with Gasteiger partial charge in [0, 0.05) is 38.8 Å². The molecule has 4 saturated carbocycles. The Balaban J connectivity index is 0.000000410. The van der Waals surface area contributed by atoms with Crippen molar-refractivity contribution in [2.45, 2.75) is 431 Å². The molecule has 2 aliphatic heterocycles. The Hall–Kier alpha value is -1.28. The minimum atomic E-state index is -0.318. The fourth-order valence-electron chi connectivity index (χ4n) is 16.8. The summed E-state index contributed by atoms with van der Waals surface area (Å²) in [4.78, 5) is 4.54. The van der Waals surface area contributed by atoms with Crippen molar-refractivity contribution in [1.29, 1.82) is 0 Å². The van der Waals surface area contributed by atoms with Crippen LogP contribution in [0, 0.1) is 47.3 Å². The van der Waals surface area contributed by atoms with Crippen molar-refractivity contribution in [2.75, 3.05) is 54.5 Å². The van der Waals surface area contributed by atoms with Gasteiger partial charge in [-0.25, -0.2) is 0 Å². The fraction of sp³-hybridized carbons (Fsp3) is 0.912. The smallest absolute Gasteiger partial charge is 0.168 e. The van der Waals surface area contributed by atoms with Crippen molar-refractivity contribution >= 4 is 0 Å². The number of allylic oxidation sites excluding steroid dienone is 8. The zero-order chi connectivity index (χ0) is 68.3. The van der Waals surface area contributed by atoms with Crippen LogP contribution in [0.1, 0.15) is 408 Å². The Morgan fingerprint density at radius 1 is 0.289 bits per heavy atom. The summed E-state index contributed by atoms with van der Waals surface area (Å²) in [5, 5.41) is 0. The maximum absolute atomic E-state index is 6.75. The second-order valence-corrected chi connectivity index (χ2v) is 33.6. The number of rotatable bonds is 66. The van der Waals surface area contributed by atoms with E-state index in [2.05, 4.69) is 114 Å². The summed E-state index contributed by atoms with van der Waals surface area (Å²) in [6.07, 6.45) is 97.9. The summed E-state index contributed by atoms with van der Waals surface area (Å²) >= 11 is 0. The molecule has 6 heteroatoms. The van der Waals surface area contributed by atoms with Gasteiger partial charge in [0.1, 0.15) is 0 Å². The van der Waals surface area contributed by atoms with Crippen molar-refractivity contribution in [3.05, 3.63) is 48.6 Å². The van der Waals surface area contributed by atoms with Gasteiger partial charge in [-0.2, -0.15) is 0 Å². The highest BCUT2D eigenvalue weighted by molar-refractivity contribution is 4.97. The molecule has 568 valence electrons. The van der Waals surface area contributed by atoms with E-state index in [1.54, 1.807) is 38.5 Å². The number of hydrogen-bond donors (Lipinski definition) is 0. The average Bonchev–Trinajstić information content (AvgIpc) is 1.66. The van der Waals surface area contributed by atoms with Crippen molar-refractivity contribution in [3.8, 4) is 0 Å². The van der Waals surface area contributed by atoms with Crippen LogP contribution < -0.4 is 0 Å². The van der Waals surface area contributed by atoms with E-state index in [1.165, 1.54) is 283 Å². The van der Waals surface area contributed by atoms with Crippen LogP contribution in [0.4, 0.5) is 0 Å². The highest BCUT2D eigenvalue weighted by Gasteiger charge is 2.46. The van der Waals surface area contributed by atoms with Gasteiger partial charge in [0.05, 0.1) is 25.4 Å². The molecule has 0 spiro atoms. The predicted molar refractivity (Wildman–Crippen MR) is 426 cm³/mol. The van der Waals surface area contributed by atoms with Gasteiger partial charge in [0.15, 0.2) is 11.6 Å². The van der Waals surface area contributed by atoms with Gasteiger partial charge >= 0.3 is 0 Å². The van der Waals surface area contributed by atoms with Crippen LogP contribution in [-0.2, 0) is 18.9 Å². The van der Waals surface area contributed by atoms with Gasteiger partial charge in [0.25, 0.3) is 0 Å². The van der Waals surface area contributed by atoms with Crippen molar-refractivity contribution in [1.82, 2.24) is 9.80 Å². The summed E-state index contributed by atoms with van der Waals surface area (Å²) in [6.45, 7) is 12.9. The molecule has 6 aliphatic rings. The molecule has 0 aromatic heterocycles. The summed E-state index contributed by atoms with van der Waals surface area (Å²) in [5.74, 6) is 8.32. The summed E-state index contributed by atoms with van der Waals surface area (Å²) in [5.41, 5.74) is 0. The molecular formula is C91H170N2O4. The molecule has 2 saturated heterocycles. The van der Waals surface area contributed by atoms with E-state index >= 15 is 0 Å². The van der Waals surface area contributed by atoms with E-state index in [0.29, 0.717) is 0 Å². The molecule has 0 N–H and O–H groups in total. The lowest BCUT2D eigenvalue weighted by molar-refractivity contribution is -0.180. The third kappa shape index (κ3) is 44.9. The van der Waals surface area contributed by atoms with Crippen LogP contribution in [0.3, 0.4) is 0 Å². The van der Waals surface area contributed by atoms with Crippen LogP contribution >= 0.6 is 0 Å². The Morgan fingerprint density at radius 2 is 0.536 bits per heavy atom. The maximum atomic E-state index is 6.75. The lowest BCUT2D eigenvalue weighted by Crippen LogP contribution is -2.31. The zero-order valence-corrected chi connectivity index (χ0v) is 65.8. The minimum absolute atomic E-state index is 0. The zero-order valence-electron chi connectivity index (χ0n) is 65.8. The molecular weight excluding hydrogens is 1190 g/mol. The van der Waals surface area contributed by atoms with Crippen LogP contribution in [0.15, 0.2) is 48.6 Å². The maximum Gasteiger partial charge on any atom is 0.168 e. The first-order valence-electron chi connectivity index (χ1n) is 43.6. The number of hydrogen-bond acceptors (Lipinski definition) is 6. The first kappa shape index (κ1) is 88.1. The van der Waals surface area contributed by atoms with E-state index in [1.807, 2.05) is 0 Å². The van der Waals surface area contributed by atoms with Gasteiger partial charge in [0.2, 0.25) is 0 Å². The minimum Gasteiger partial charge on any atom is -0.347 e. The number of unbranched alkanes of at least 4 members (excludes halogenated alkanes) is 32. The van der Waals surface area contributed by atoms with Crippen molar-refractivity contribution in [3.63, 3.8) is 0 Å². The molecule has 2 heterocycles. The molecule has 0 amide bonds. The normalized spacial score (nSPS) is 25.6. The molecule has 6 fully saturated rings. The first-order chi connectivity index (χ1) is 47.1. The van der Waals surface area contributed by atoms with Crippen molar-refractivity contribution < 1.29 is 18.9 Å². The number of nitrogens with zero attached hydrogens (tertiary/aromatic N) is 2. The van der Waals surface area contributed by atoms with E-state index < -0.39 is 0 Å². The molecule has 4 aliphatic carbocycles. The third-order valence-electron chi connectivity index (χ3n) is 23.7. The second-order valence-electron chi connectivity index (χ2n) is 33.6. The molecule has 0 bridgehead atoms. The highest BCUT2D eigenvalue weighted by Crippen LogP contribution is 2.56. The summed E-state index contributed by atoms with van der Waals surface area (Å²) in [6, 6.07) is 0. The summed E-state index contributed by atoms with van der Waals surface area (Å²) < 4.78 is 26.4. The van der Waals surface area contributed by atoms with Crippen LogP contribution in [0.25, 0.3) is 0 Å². The summed E-state index contributed by atoms with van der Waals surface area (Å²) in [7, 11) is 8.65. The van der Waals surface area contributed by atoms with E-state index in [-0.39, 0.29) is 31.2 Å². The van der Waals surface area contributed by atoms with Gasteiger partial charge in [-0.1, -0.05) is 289 Å². The van der Waals surface area contributed by atoms with Crippen LogP contribution in [0.2, 0.25) is 0 Å². The molecule has 6 rings (SSSR count). The van der Waals surface area contributed by atoms with Crippen molar-refractivity contribution in [2.24, 2.45) is 47.3 Å². The second kappa shape index (κ2) is 57.1. The molecule has 10 unspecified atom stereocenters. The highest BCUT2D eigenvalue weighted by atomic mass is 16.7. The Labute approximate surface area is 607 Å². The molecule has 0 aromatic carbocycles. The van der Waals surface area contributed by atoms with E-state index in [4.69, 9.17) is 18.9 Å². The molecule has 0 radical (unpaired) electrons. The van der Waals surface area contributed by atoms with E-state index in [9.17, 15) is 0 Å². The Bertz CT molecular complexity index is 1800. The monoisotopic (exact) mass is 1360 g/mol. The first-order valence-corrected chi connectivity index (χ1v) is 43.6. The molecule has 0 aromatic rings. The van der Waals surface area contributed by atoms with Gasteiger partial charge in [-0.05, 0) is 217 Å². The average molecular weight is 1360 g/mol. The van der Waals surface area contributed by atoms with Crippen LogP contribution in [0.5, 0.6) is 0 Å². The molecule has 97 heavy (non-hydrogen) atoms. The number of ether oxygens (including phenoxy) is 4. The molecule has 6 nitrogen and oxygen atoms in total. The van der Waals surface area contributed by atoms with Gasteiger partial charge in [-0.3, -0.25) is 0 Å². The van der Waals surface area contributed by atoms with Gasteiger partial charge in [-0.15, -0.1) is 0 Å². The fourth-order valence-corrected chi connectivity index (χ4v) is 16.8. The third-order valence-corrected chi connectivity index (χ3v) is 23.7.